The largest absolute Gasteiger partial charge is 0.489 e. The van der Waals surface area contributed by atoms with Gasteiger partial charge in [0.05, 0.1) is 10.6 Å². The molecule has 1 aliphatic heterocycles. The van der Waals surface area contributed by atoms with Gasteiger partial charge in [0, 0.05) is 57.1 Å². The molecular formula is C24H30N4O2S. The first kappa shape index (κ1) is 21.6. The van der Waals surface area contributed by atoms with Crippen molar-refractivity contribution < 1.29 is 9.53 Å². The summed E-state index contributed by atoms with van der Waals surface area (Å²) in [7, 11) is 1.95. The van der Waals surface area contributed by atoms with Crippen LogP contribution in [0.3, 0.4) is 0 Å². The monoisotopic (exact) mass is 438 g/mol. The number of aromatic nitrogens is 2. The highest BCUT2D eigenvalue weighted by Crippen LogP contribution is 2.23. The van der Waals surface area contributed by atoms with Gasteiger partial charge in [0.2, 0.25) is 0 Å². The number of thiophene rings is 1. The third-order valence-electron chi connectivity index (χ3n) is 5.76. The molecule has 1 saturated heterocycles. The van der Waals surface area contributed by atoms with Crippen LogP contribution in [0, 0.1) is 20.8 Å². The van der Waals surface area contributed by atoms with Gasteiger partial charge in [-0.1, -0.05) is 17.7 Å². The Balaban J connectivity index is 1.29. The molecule has 0 unspecified atom stereocenters. The lowest BCUT2D eigenvalue weighted by atomic mass is 10.1. The molecule has 0 atom stereocenters. The number of hydrogen-bond acceptors (Lipinski definition) is 5. The molecule has 1 fully saturated rings. The highest BCUT2D eigenvalue weighted by molar-refractivity contribution is 7.12. The number of hydrogen-bond donors (Lipinski definition) is 0. The molecule has 6 nitrogen and oxygen atoms in total. The summed E-state index contributed by atoms with van der Waals surface area (Å²) < 4.78 is 7.83. The highest BCUT2D eigenvalue weighted by Gasteiger charge is 2.24. The van der Waals surface area contributed by atoms with Crippen LogP contribution in [0.5, 0.6) is 5.75 Å². The van der Waals surface area contributed by atoms with Crippen molar-refractivity contribution in [3.8, 4) is 5.75 Å². The second-order valence-corrected chi connectivity index (χ2v) is 9.27. The summed E-state index contributed by atoms with van der Waals surface area (Å²) in [6.07, 6.45) is 2.08. The minimum absolute atomic E-state index is 0.125. The molecule has 1 aromatic carbocycles. The fourth-order valence-electron chi connectivity index (χ4n) is 4.00. The van der Waals surface area contributed by atoms with E-state index in [0.717, 1.165) is 60.2 Å². The number of benzene rings is 1. The number of piperazine rings is 1. The summed E-state index contributed by atoms with van der Waals surface area (Å²) in [4.78, 5) is 18.1. The van der Waals surface area contributed by atoms with Crippen molar-refractivity contribution in [1.82, 2.24) is 19.6 Å². The zero-order chi connectivity index (χ0) is 22.0. The van der Waals surface area contributed by atoms with Crippen molar-refractivity contribution in [3.05, 3.63) is 68.7 Å². The summed E-state index contributed by atoms with van der Waals surface area (Å²) in [6, 6.07) is 8.16. The topological polar surface area (TPSA) is 50.6 Å². The Bertz CT molecular complexity index is 1060. The van der Waals surface area contributed by atoms with Crippen molar-refractivity contribution in [2.45, 2.75) is 33.9 Å². The number of rotatable bonds is 6. The molecule has 0 saturated carbocycles. The summed E-state index contributed by atoms with van der Waals surface area (Å²) in [5.74, 6) is 1.02. The summed E-state index contributed by atoms with van der Waals surface area (Å²) in [5.41, 5.74) is 5.73. The van der Waals surface area contributed by atoms with E-state index in [0.29, 0.717) is 6.61 Å². The number of ether oxygens (including phenoxy) is 1. The zero-order valence-electron chi connectivity index (χ0n) is 18.7. The Hall–Kier alpha value is -2.64. The van der Waals surface area contributed by atoms with Crippen molar-refractivity contribution in [1.29, 1.82) is 0 Å². The van der Waals surface area contributed by atoms with Crippen molar-refractivity contribution in [3.63, 3.8) is 0 Å². The van der Waals surface area contributed by atoms with Crippen molar-refractivity contribution in [2.75, 3.05) is 26.2 Å². The van der Waals surface area contributed by atoms with Crippen LogP contribution in [-0.2, 0) is 20.2 Å². The third-order valence-corrected chi connectivity index (χ3v) is 6.72. The fraction of sp³-hybridized carbons (Fsp3) is 0.417. The summed E-state index contributed by atoms with van der Waals surface area (Å²) in [5, 5.41) is 6.45. The van der Waals surface area contributed by atoms with E-state index in [4.69, 9.17) is 4.74 Å². The Morgan fingerprint density at radius 2 is 1.90 bits per heavy atom. The average Bonchev–Trinajstić information content (AvgIpc) is 3.33. The molecule has 0 bridgehead atoms. The first-order valence-electron chi connectivity index (χ1n) is 10.7. The molecule has 4 rings (SSSR count). The average molecular weight is 439 g/mol. The van der Waals surface area contributed by atoms with E-state index in [1.54, 1.807) is 0 Å². The van der Waals surface area contributed by atoms with E-state index in [-0.39, 0.29) is 5.91 Å². The van der Waals surface area contributed by atoms with Gasteiger partial charge >= 0.3 is 0 Å². The van der Waals surface area contributed by atoms with Crippen molar-refractivity contribution >= 4 is 17.2 Å². The van der Waals surface area contributed by atoms with Gasteiger partial charge < -0.3 is 9.64 Å². The molecule has 3 aromatic rings. The molecular weight excluding hydrogens is 408 g/mol. The van der Waals surface area contributed by atoms with Gasteiger partial charge in [-0.05, 0) is 43.8 Å². The van der Waals surface area contributed by atoms with Crippen LogP contribution in [0.15, 0.2) is 35.8 Å². The van der Waals surface area contributed by atoms with Gasteiger partial charge in [-0.3, -0.25) is 14.4 Å². The van der Waals surface area contributed by atoms with Crippen LogP contribution < -0.4 is 4.74 Å². The first-order valence-corrected chi connectivity index (χ1v) is 11.6. The number of nitrogens with zero attached hydrogens (tertiary/aromatic N) is 4. The van der Waals surface area contributed by atoms with Gasteiger partial charge in [-0.15, -0.1) is 11.3 Å². The zero-order valence-corrected chi connectivity index (χ0v) is 19.5. The maximum atomic E-state index is 13.0. The molecule has 0 aliphatic carbocycles. The molecule has 0 spiro atoms. The number of carbonyl (C=O) groups is 1. The van der Waals surface area contributed by atoms with Gasteiger partial charge in [-0.25, -0.2) is 0 Å². The predicted molar refractivity (Wildman–Crippen MR) is 124 cm³/mol. The Morgan fingerprint density at radius 1 is 1.13 bits per heavy atom. The maximum absolute atomic E-state index is 13.0. The molecule has 2 aromatic heterocycles. The molecule has 0 radical (unpaired) electrons. The Kier molecular flexibility index (Phi) is 6.43. The second kappa shape index (κ2) is 9.24. The van der Waals surface area contributed by atoms with Crippen molar-refractivity contribution in [2.24, 2.45) is 7.05 Å². The van der Waals surface area contributed by atoms with Gasteiger partial charge in [0.1, 0.15) is 12.4 Å². The van der Waals surface area contributed by atoms with Gasteiger partial charge in [-0.2, -0.15) is 5.10 Å². The van der Waals surface area contributed by atoms with Crippen LogP contribution in [0.2, 0.25) is 0 Å². The Morgan fingerprint density at radius 3 is 2.58 bits per heavy atom. The molecule has 164 valence electrons. The van der Waals surface area contributed by atoms with E-state index in [1.807, 2.05) is 41.1 Å². The van der Waals surface area contributed by atoms with E-state index in [9.17, 15) is 4.79 Å². The number of aryl methyl sites for hydroxylation is 4. The quantitative estimate of drug-likeness (QED) is 0.585. The van der Waals surface area contributed by atoms with E-state index >= 15 is 0 Å². The van der Waals surface area contributed by atoms with E-state index in [2.05, 4.69) is 42.2 Å². The normalized spacial score (nSPS) is 14.8. The first-order chi connectivity index (χ1) is 14.9. The lowest BCUT2D eigenvalue weighted by Gasteiger charge is -2.34. The second-order valence-electron chi connectivity index (χ2n) is 8.36. The summed E-state index contributed by atoms with van der Waals surface area (Å²) >= 11 is 1.51. The Labute approximate surface area is 188 Å². The SMILES string of the molecule is Cc1ccc(OCc2csc(C(=O)N3CCN(Cc4cn(C)nc4C)CC3)c2)c(C)c1. The minimum Gasteiger partial charge on any atom is -0.489 e. The fourth-order valence-corrected chi connectivity index (χ4v) is 4.86. The molecule has 1 amide bonds. The van der Waals surface area contributed by atoms with Crippen LogP contribution in [0.25, 0.3) is 0 Å². The van der Waals surface area contributed by atoms with E-state index < -0.39 is 0 Å². The van der Waals surface area contributed by atoms with Crippen LogP contribution in [-0.4, -0.2) is 51.7 Å². The smallest absolute Gasteiger partial charge is 0.264 e. The lowest BCUT2D eigenvalue weighted by Crippen LogP contribution is -2.48. The number of carbonyl (C=O) groups excluding carboxylic acids is 1. The third kappa shape index (κ3) is 5.17. The standard InChI is InChI=1S/C24H30N4O2S/c1-17-5-6-22(18(2)11-17)30-15-20-12-23(31-16-20)24(29)28-9-7-27(8-10-28)14-21-13-26(4)25-19(21)3/h5-6,11-13,16H,7-10,14-15H2,1-4H3. The maximum Gasteiger partial charge on any atom is 0.264 e. The highest BCUT2D eigenvalue weighted by atomic mass is 32.1. The van der Waals surface area contributed by atoms with Crippen LogP contribution >= 0.6 is 11.3 Å². The predicted octanol–water partition coefficient (Wildman–Crippen LogP) is 3.94. The summed E-state index contributed by atoms with van der Waals surface area (Å²) in [6.45, 7) is 10.8. The minimum atomic E-state index is 0.125. The molecule has 1 aliphatic rings. The van der Waals surface area contributed by atoms with Gasteiger partial charge in [0.15, 0.2) is 0 Å². The van der Waals surface area contributed by atoms with E-state index in [1.165, 1.54) is 22.5 Å². The molecule has 7 heteroatoms. The molecule has 0 N–H and O–H groups in total. The molecule has 3 heterocycles. The number of amides is 1. The van der Waals surface area contributed by atoms with Crippen LogP contribution in [0.4, 0.5) is 0 Å². The molecule has 31 heavy (non-hydrogen) atoms. The van der Waals surface area contributed by atoms with Crippen LogP contribution in [0.1, 0.15) is 37.6 Å². The lowest BCUT2D eigenvalue weighted by molar-refractivity contribution is 0.0633. The van der Waals surface area contributed by atoms with Gasteiger partial charge in [0.25, 0.3) is 5.91 Å².